The van der Waals surface area contributed by atoms with Crippen LogP contribution >= 0.6 is 11.6 Å². The van der Waals surface area contributed by atoms with Crippen LogP contribution in [0, 0.1) is 6.92 Å². The summed E-state index contributed by atoms with van der Waals surface area (Å²) >= 11 is 6.25. The Bertz CT molecular complexity index is 765. The number of halogens is 1. The van der Waals surface area contributed by atoms with Gasteiger partial charge in [-0.1, -0.05) is 41.9 Å². The van der Waals surface area contributed by atoms with Gasteiger partial charge < -0.3 is 5.11 Å². The van der Waals surface area contributed by atoms with E-state index in [2.05, 4.69) is 4.98 Å². The molecular formula is C17H14ClNO. The quantitative estimate of drug-likeness (QED) is 0.761. The summed E-state index contributed by atoms with van der Waals surface area (Å²) in [6.07, 6.45) is 2.78. The van der Waals surface area contributed by atoms with Crippen molar-refractivity contribution in [1.82, 2.24) is 4.98 Å². The summed E-state index contributed by atoms with van der Waals surface area (Å²) in [7, 11) is 0. The van der Waals surface area contributed by atoms with Crippen LogP contribution in [0.1, 0.15) is 22.8 Å². The number of hydrogen-bond acceptors (Lipinski definition) is 2. The SMILES string of the molecule is Cc1ccc(C(O)c2cccc3cnccc23)c(Cl)c1. The van der Waals surface area contributed by atoms with Gasteiger partial charge in [0, 0.05) is 28.4 Å². The molecule has 0 fully saturated rings. The van der Waals surface area contributed by atoms with Crippen LogP contribution in [0.4, 0.5) is 0 Å². The Hall–Kier alpha value is -1.90. The van der Waals surface area contributed by atoms with Crippen LogP contribution in [0.15, 0.2) is 54.9 Å². The predicted octanol–water partition coefficient (Wildman–Crippen LogP) is 4.28. The number of aromatic nitrogens is 1. The van der Waals surface area contributed by atoms with Gasteiger partial charge in [0.1, 0.15) is 6.10 Å². The zero-order valence-corrected chi connectivity index (χ0v) is 11.8. The molecule has 2 aromatic carbocycles. The third-order valence-corrected chi connectivity index (χ3v) is 3.79. The first-order valence-corrected chi connectivity index (χ1v) is 6.81. The molecule has 2 nitrogen and oxygen atoms in total. The molecule has 0 spiro atoms. The fourth-order valence-electron chi connectivity index (χ4n) is 2.41. The molecule has 1 unspecified atom stereocenters. The summed E-state index contributed by atoms with van der Waals surface area (Å²) in [6, 6.07) is 13.4. The predicted molar refractivity (Wildman–Crippen MR) is 82.0 cm³/mol. The third-order valence-electron chi connectivity index (χ3n) is 3.46. The zero-order chi connectivity index (χ0) is 14.1. The second-order valence-electron chi connectivity index (χ2n) is 4.87. The Morgan fingerprint density at radius 1 is 1.10 bits per heavy atom. The largest absolute Gasteiger partial charge is 0.384 e. The monoisotopic (exact) mass is 283 g/mol. The molecule has 3 heteroatoms. The van der Waals surface area contributed by atoms with Gasteiger partial charge in [0.05, 0.1) is 0 Å². The fourth-order valence-corrected chi connectivity index (χ4v) is 2.75. The van der Waals surface area contributed by atoms with Crippen LogP contribution in [0.5, 0.6) is 0 Å². The van der Waals surface area contributed by atoms with E-state index in [1.54, 1.807) is 12.4 Å². The zero-order valence-electron chi connectivity index (χ0n) is 11.0. The molecule has 20 heavy (non-hydrogen) atoms. The molecule has 0 aliphatic rings. The molecule has 0 amide bonds. The second-order valence-corrected chi connectivity index (χ2v) is 5.28. The smallest absolute Gasteiger partial charge is 0.106 e. The lowest BCUT2D eigenvalue weighted by Crippen LogP contribution is -2.01. The van der Waals surface area contributed by atoms with Crippen LogP contribution in [-0.4, -0.2) is 10.1 Å². The minimum atomic E-state index is -0.741. The highest BCUT2D eigenvalue weighted by Crippen LogP contribution is 2.32. The molecule has 0 bridgehead atoms. The van der Waals surface area contributed by atoms with E-state index in [0.29, 0.717) is 5.02 Å². The molecule has 0 aliphatic carbocycles. The number of aliphatic hydroxyl groups is 1. The van der Waals surface area contributed by atoms with Gasteiger partial charge in [0.25, 0.3) is 0 Å². The molecule has 3 aromatic rings. The summed E-state index contributed by atoms with van der Waals surface area (Å²) in [5, 5.41) is 13.2. The van der Waals surface area contributed by atoms with Crippen molar-refractivity contribution in [3.05, 3.63) is 76.6 Å². The number of hydrogen-bond donors (Lipinski definition) is 1. The fraction of sp³-hybridized carbons (Fsp3) is 0.118. The van der Waals surface area contributed by atoms with Gasteiger partial charge in [-0.05, 0) is 35.6 Å². The summed E-state index contributed by atoms with van der Waals surface area (Å²) in [5.74, 6) is 0. The van der Waals surface area contributed by atoms with Gasteiger partial charge in [-0.15, -0.1) is 0 Å². The number of pyridine rings is 1. The van der Waals surface area contributed by atoms with E-state index >= 15 is 0 Å². The lowest BCUT2D eigenvalue weighted by Gasteiger charge is -2.15. The van der Waals surface area contributed by atoms with Gasteiger partial charge in [0.15, 0.2) is 0 Å². The van der Waals surface area contributed by atoms with Crippen molar-refractivity contribution < 1.29 is 5.11 Å². The van der Waals surface area contributed by atoms with Crippen molar-refractivity contribution in [3.8, 4) is 0 Å². The van der Waals surface area contributed by atoms with E-state index in [4.69, 9.17) is 11.6 Å². The lowest BCUT2D eigenvalue weighted by molar-refractivity contribution is 0.222. The van der Waals surface area contributed by atoms with Gasteiger partial charge in [-0.25, -0.2) is 0 Å². The maximum Gasteiger partial charge on any atom is 0.106 e. The van der Waals surface area contributed by atoms with Gasteiger partial charge in [-0.3, -0.25) is 4.98 Å². The number of fused-ring (bicyclic) bond motifs is 1. The summed E-state index contributed by atoms with van der Waals surface area (Å²) in [4.78, 5) is 4.11. The van der Waals surface area contributed by atoms with Gasteiger partial charge >= 0.3 is 0 Å². The lowest BCUT2D eigenvalue weighted by atomic mass is 9.96. The topological polar surface area (TPSA) is 33.1 Å². The maximum absolute atomic E-state index is 10.7. The molecule has 1 heterocycles. The first-order chi connectivity index (χ1) is 9.66. The van der Waals surface area contributed by atoms with E-state index in [-0.39, 0.29) is 0 Å². The van der Waals surface area contributed by atoms with Crippen LogP contribution in [0.2, 0.25) is 5.02 Å². The van der Waals surface area contributed by atoms with Crippen LogP contribution in [0.25, 0.3) is 10.8 Å². The van der Waals surface area contributed by atoms with Crippen molar-refractivity contribution in [2.75, 3.05) is 0 Å². The highest BCUT2D eigenvalue weighted by molar-refractivity contribution is 6.31. The van der Waals surface area contributed by atoms with Gasteiger partial charge in [0.2, 0.25) is 0 Å². The van der Waals surface area contributed by atoms with E-state index < -0.39 is 6.10 Å². The van der Waals surface area contributed by atoms with E-state index in [1.165, 1.54) is 0 Å². The molecule has 1 N–H and O–H groups in total. The Labute approximate surface area is 122 Å². The Kier molecular flexibility index (Phi) is 3.43. The molecule has 0 aliphatic heterocycles. The van der Waals surface area contributed by atoms with E-state index in [0.717, 1.165) is 27.5 Å². The molecule has 0 radical (unpaired) electrons. The summed E-state index contributed by atoms with van der Waals surface area (Å²) in [6.45, 7) is 1.98. The molecule has 1 aromatic heterocycles. The standard InChI is InChI=1S/C17H14ClNO/c1-11-5-6-15(16(18)9-11)17(20)14-4-2-3-12-10-19-8-7-13(12)14/h2-10,17,20H,1H3. The van der Waals surface area contributed by atoms with E-state index in [9.17, 15) is 5.11 Å². The Balaban J connectivity index is 2.15. The minimum absolute atomic E-state index is 0.587. The molecule has 3 rings (SSSR count). The summed E-state index contributed by atoms with van der Waals surface area (Å²) < 4.78 is 0. The van der Waals surface area contributed by atoms with Crippen molar-refractivity contribution in [1.29, 1.82) is 0 Å². The first kappa shape index (κ1) is 13.1. The number of aryl methyl sites for hydroxylation is 1. The molecule has 0 saturated carbocycles. The molecule has 100 valence electrons. The van der Waals surface area contributed by atoms with Gasteiger partial charge in [-0.2, -0.15) is 0 Å². The van der Waals surface area contributed by atoms with Crippen molar-refractivity contribution in [2.45, 2.75) is 13.0 Å². The van der Waals surface area contributed by atoms with Crippen molar-refractivity contribution in [2.24, 2.45) is 0 Å². The average Bonchev–Trinajstić information content (AvgIpc) is 2.46. The summed E-state index contributed by atoms with van der Waals surface area (Å²) in [5.41, 5.74) is 2.64. The number of nitrogens with zero attached hydrogens (tertiary/aromatic N) is 1. The van der Waals surface area contributed by atoms with Crippen LogP contribution in [0.3, 0.4) is 0 Å². The Morgan fingerprint density at radius 3 is 2.75 bits per heavy atom. The third kappa shape index (κ3) is 2.28. The van der Waals surface area contributed by atoms with E-state index in [1.807, 2.05) is 49.4 Å². The highest BCUT2D eigenvalue weighted by atomic mass is 35.5. The maximum atomic E-state index is 10.7. The average molecular weight is 284 g/mol. The van der Waals surface area contributed by atoms with Crippen molar-refractivity contribution >= 4 is 22.4 Å². The first-order valence-electron chi connectivity index (χ1n) is 6.43. The molecule has 1 atom stereocenters. The highest BCUT2D eigenvalue weighted by Gasteiger charge is 2.16. The Morgan fingerprint density at radius 2 is 1.95 bits per heavy atom. The number of aliphatic hydroxyl groups excluding tert-OH is 1. The van der Waals surface area contributed by atoms with Crippen LogP contribution in [-0.2, 0) is 0 Å². The number of benzene rings is 2. The van der Waals surface area contributed by atoms with Crippen molar-refractivity contribution in [3.63, 3.8) is 0 Å². The minimum Gasteiger partial charge on any atom is -0.384 e. The molecule has 0 saturated heterocycles. The molecular weight excluding hydrogens is 270 g/mol. The number of rotatable bonds is 2. The second kappa shape index (κ2) is 5.23. The van der Waals surface area contributed by atoms with Crippen LogP contribution < -0.4 is 0 Å². The normalized spacial score (nSPS) is 12.6.